The molecule has 8 heteroatoms. The fraction of sp³-hybridized carbons (Fsp3) is 0.350. The van der Waals surface area contributed by atoms with E-state index in [1.165, 1.54) is 6.08 Å². The molecule has 1 aliphatic heterocycles. The minimum atomic E-state index is -4.43. The van der Waals surface area contributed by atoms with Crippen LogP contribution in [0.2, 0.25) is 0 Å². The highest BCUT2D eigenvalue weighted by atomic mass is 19.4. The summed E-state index contributed by atoms with van der Waals surface area (Å²) in [6.45, 7) is 2.82. The fourth-order valence-electron chi connectivity index (χ4n) is 3.73. The van der Waals surface area contributed by atoms with Crippen LogP contribution in [0.4, 0.5) is 19.0 Å². The van der Waals surface area contributed by atoms with E-state index < -0.39 is 11.7 Å². The van der Waals surface area contributed by atoms with Crippen molar-refractivity contribution in [3.05, 3.63) is 58.0 Å². The van der Waals surface area contributed by atoms with Gasteiger partial charge in [0.2, 0.25) is 0 Å². The molecule has 0 bridgehead atoms. The summed E-state index contributed by atoms with van der Waals surface area (Å²) in [5.41, 5.74) is 2.33. The van der Waals surface area contributed by atoms with Crippen molar-refractivity contribution in [1.82, 2.24) is 14.9 Å². The van der Waals surface area contributed by atoms with Crippen LogP contribution >= 0.6 is 0 Å². The maximum Gasteiger partial charge on any atom is 0.416 e. The Morgan fingerprint density at radius 3 is 2.75 bits per heavy atom. The van der Waals surface area contributed by atoms with Crippen molar-refractivity contribution < 1.29 is 18.0 Å². The number of aromatic nitrogens is 2. The highest BCUT2D eigenvalue weighted by Gasteiger charge is 2.40. The summed E-state index contributed by atoms with van der Waals surface area (Å²) in [5, 5.41) is 2.95. The van der Waals surface area contributed by atoms with Gasteiger partial charge in [0.1, 0.15) is 11.6 Å². The molecular weight excluding hydrogens is 369 g/mol. The molecule has 5 nitrogen and oxygen atoms in total. The lowest BCUT2D eigenvalue weighted by Gasteiger charge is -2.15. The summed E-state index contributed by atoms with van der Waals surface area (Å²) in [6, 6.07) is 5.58. The number of fused-ring (bicyclic) bond motifs is 2. The lowest BCUT2D eigenvalue weighted by molar-refractivity contribution is -0.0687. The maximum atomic E-state index is 13.3. The molecule has 0 saturated heterocycles. The predicted molar refractivity (Wildman–Crippen MR) is 99.0 cm³/mol. The Kier molecular flexibility index (Phi) is 4.36. The Morgan fingerprint density at radius 1 is 1.25 bits per heavy atom. The summed E-state index contributed by atoms with van der Waals surface area (Å²) in [6.07, 6.45) is -2.74. The van der Waals surface area contributed by atoms with Gasteiger partial charge in [-0.25, -0.2) is 9.97 Å². The Bertz CT molecular complexity index is 998. The van der Waals surface area contributed by atoms with Crippen molar-refractivity contribution in [2.45, 2.75) is 32.5 Å². The molecule has 146 valence electrons. The van der Waals surface area contributed by atoms with E-state index in [0.717, 1.165) is 11.1 Å². The number of carbonyl (C=O) groups is 1. The first-order valence-corrected chi connectivity index (χ1v) is 9.06. The molecule has 4 rings (SSSR count). The van der Waals surface area contributed by atoms with Crippen LogP contribution in [0, 0.1) is 0 Å². The summed E-state index contributed by atoms with van der Waals surface area (Å²) >= 11 is 0. The summed E-state index contributed by atoms with van der Waals surface area (Å²) < 4.78 is 39.9. The van der Waals surface area contributed by atoms with Crippen LogP contribution in [0.15, 0.2) is 24.3 Å². The molecule has 0 atom stereocenters. The van der Waals surface area contributed by atoms with E-state index in [-0.39, 0.29) is 23.7 Å². The third kappa shape index (κ3) is 3.12. The molecule has 1 aliphatic carbocycles. The molecule has 2 aromatic rings. The summed E-state index contributed by atoms with van der Waals surface area (Å²) in [4.78, 5) is 22.4. The SMILES string of the molecule is CCNc1nc(Cc2ccc3c(c2)CN(C)C3=O)nc2c1C(C(F)(F)F)=CC2. The highest BCUT2D eigenvalue weighted by molar-refractivity contribution is 5.98. The van der Waals surface area contributed by atoms with Gasteiger partial charge in [0.25, 0.3) is 5.91 Å². The van der Waals surface area contributed by atoms with Crippen LogP contribution in [0.5, 0.6) is 0 Å². The normalized spacial score (nSPS) is 15.5. The predicted octanol–water partition coefficient (Wildman–Crippen LogP) is 3.59. The first-order chi connectivity index (χ1) is 13.3. The van der Waals surface area contributed by atoms with Crippen molar-refractivity contribution in [2.75, 3.05) is 18.9 Å². The van der Waals surface area contributed by atoms with Crippen molar-refractivity contribution in [2.24, 2.45) is 0 Å². The maximum absolute atomic E-state index is 13.3. The van der Waals surface area contributed by atoms with Gasteiger partial charge in [0, 0.05) is 38.5 Å². The first-order valence-electron chi connectivity index (χ1n) is 9.06. The Balaban J connectivity index is 1.67. The Morgan fingerprint density at radius 2 is 2.04 bits per heavy atom. The highest BCUT2D eigenvalue weighted by Crippen LogP contribution is 2.42. The number of carbonyl (C=O) groups excluding carboxylic acids is 1. The molecule has 28 heavy (non-hydrogen) atoms. The average Bonchev–Trinajstić information content (AvgIpc) is 3.17. The smallest absolute Gasteiger partial charge is 0.370 e. The summed E-state index contributed by atoms with van der Waals surface area (Å²) in [5.74, 6) is 0.680. The van der Waals surface area contributed by atoms with Crippen molar-refractivity contribution >= 4 is 17.3 Å². The molecule has 0 spiro atoms. The Labute approximate surface area is 160 Å². The number of nitrogens with zero attached hydrogens (tertiary/aromatic N) is 3. The van der Waals surface area contributed by atoms with Crippen molar-refractivity contribution in [3.63, 3.8) is 0 Å². The molecule has 0 saturated carbocycles. The van der Waals surface area contributed by atoms with Gasteiger partial charge in [-0.15, -0.1) is 0 Å². The number of amides is 1. The second-order valence-corrected chi connectivity index (χ2v) is 6.99. The van der Waals surface area contributed by atoms with E-state index >= 15 is 0 Å². The number of allylic oxidation sites excluding steroid dienone is 2. The van der Waals surface area contributed by atoms with Crippen LogP contribution in [0.3, 0.4) is 0 Å². The van der Waals surface area contributed by atoms with Crippen LogP contribution in [-0.4, -0.2) is 40.5 Å². The van der Waals surface area contributed by atoms with Crippen molar-refractivity contribution in [1.29, 1.82) is 0 Å². The van der Waals surface area contributed by atoms with Crippen LogP contribution in [0.1, 0.15) is 45.5 Å². The zero-order chi connectivity index (χ0) is 20.1. The molecule has 0 radical (unpaired) electrons. The standard InChI is InChI=1S/C20H19F3N4O/c1-3-24-18-17-14(20(21,22)23)6-7-15(17)25-16(26-18)9-11-4-5-13-12(8-11)10-27(2)19(13)28/h4-6,8H,3,7,9-10H2,1-2H3,(H,24,25,26). The average molecular weight is 388 g/mol. The number of alkyl halides is 3. The van der Waals surface area contributed by atoms with Gasteiger partial charge in [-0.1, -0.05) is 18.2 Å². The van der Waals surface area contributed by atoms with Crippen LogP contribution in [0.25, 0.3) is 5.57 Å². The molecule has 0 unspecified atom stereocenters. The molecule has 1 aromatic carbocycles. The number of halogens is 3. The van der Waals surface area contributed by atoms with Gasteiger partial charge in [-0.05, 0) is 24.1 Å². The topological polar surface area (TPSA) is 58.1 Å². The van der Waals surface area contributed by atoms with E-state index in [2.05, 4.69) is 15.3 Å². The van der Waals surface area contributed by atoms with Gasteiger partial charge in [-0.2, -0.15) is 13.2 Å². The van der Waals surface area contributed by atoms with E-state index in [1.807, 2.05) is 19.1 Å². The second kappa shape index (κ2) is 6.61. The third-order valence-electron chi connectivity index (χ3n) is 4.97. The molecule has 1 aromatic heterocycles. The monoisotopic (exact) mass is 388 g/mol. The van der Waals surface area contributed by atoms with E-state index in [9.17, 15) is 18.0 Å². The minimum Gasteiger partial charge on any atom is -0.370 e. The lowest BCUT2D eigenvalue weighted by Crippen LogP contribution is -2.17. The molecule has 2 aliphatic rings. The summed E-state index contributed by atoms with van der Waals surface area (Å²) in [7, 11) is 1.75. The van der Waals surface area contributed by atoms with Crippen LogP contribution < -0.4 is 5.32 Å². The van der Waals surface area contributed by atoms with Gasteiger partial charge in [0.15, 0.2) is 0 Å². The van der Waals surface area contributed by atoms with Crippen LogP contribution in [-0.2, 0) is 19.4 Å². The fourth-order valence-corrected chi connectivity index (χ4v) is 3.73. The van der Waals surface area contributed by atoms with Gasteiger partial charge in [0.05, 0.1) is 16.8 Å². The molecule has 0 fully saturated rings. The number of benzene rings is 1. The first kappa shape index (κ1) is 18.5. The number of hydrogen-bond acceptors (Lipinski definition) is 4. The van der Waals surface area contributed by atoms with E-state index in [4.69, 9.17) is 0 Å². The molecule has 2 heterocycles. The van der Waals surface area contributed by atoms with Gasteiger partial charge >= 0.3 is 6.18 Å². The number of anilines is 1. The molecule has 1 N–H and O–H groups in total. The Hall–Kier alpha value is -2.90. The third-order valence-corrected chi connectivity index (χ3v) is 4.97. The zero-order valence-corrected chi connectivity index (χ0v) is 15.5. The second-order valence-electron chi connectivity index (χ2n) is 6.99. The van der Waals surface area contributed by atoms with Gasteiger partial charge in [-0.3, -0.25) is 4.79 Å². The quantitative estimate of drug-likeness (QED) is 0.870. The molecular formula is C20H19F3N4O. The van der Waals surface area contributed by atoms with E-state index in [0.29, 0.717) is 36.6 Å². The number of rotatable bonds is 4. The minimum absolute atomic E-state index is 0.00415. The van der Waals surface area contributed by atoms with Crippen molar-refractivity contribution in [3.8, 4) is 0 Å². The van der Waals surface area contributed by atoms with Gasteiger partial charge < -0.3 is 10.2 Å². The zero-order valence-electron chi connectivity index (χ0n) is 15.5. The number of hydrogen-bond donors (Lipinski definition) is 1. The number of nitrogens with one attached hydrogen (secondary N) is 1. The lowest BCUT2D eigenvalue weighted by atomic mass is 10.0. The van der Waals surface area contributed by atoms with E-state index in [1.54, 1.807) is 18.0 Å². The largest absolute Gasteiger partial charge is 0.416 e. The molecule has 1 amide bonds.